The minimum absolute atomic E-state index is 0.543. The maximum absolute atomic E-state index is 4.19. The van der Waals surface area contributed by atoms with Gasteiger partial charge in [-0.2, -0.15) is 0 Å². The molecule has 0 unspecified atom stereocenters. The van der Waals surface area contributed by atoms with Crippen LogP contribution in [0.5, 0.6) is 0 Å². The van der Waals surface area contributed by atoms with E-state index in [2.05, 4.69) is 37.6 Å². The maximum Gasteiger partial charge on any atom is 0.0698 e. The zero-order chi connectivity index (χ0) is 9.68. The molecule has 1 rings (SSSR count). The average Bonchev–Trinajstić information content (AvgIpc) is 2.08. The van der Waals surface area contributed by atoms with E-state index in [0.29, 0.717) is 5.92 Å². The molecule has 0 aromatic rings. The predicted molar refractivity (Wildman–Crippen MR) is 58.8 cm³/mol. The first kappa shape index (κ1) is 9.72. The molecule has 0 bridgehead atoms. The molecule has 0 spiro atoms. The largest absolute Gasteiger partial charge is 0.257 e. The SMILES string of the molecule is C=C/N=C1/C=CC=C/C1=C/C(C)C. The first-order valence-corrected chi connectivity index (χ1v) is 4.49. The highest BCUT2D eigenvalue weighted by atomic mass is 14.7. The van der Waals surface area contributed by atoms with Gasteiger partial charge in [-0.1, -0.05) is 44.7 Å². The summed E-state index contributed by atoms with van der Waals surface area (Å²) in [6.07, 6.45) is 11.9. The van der Waals surface area contributed by atoms with Crippen LogP contribution in [0.15, 0.2) is 53.7 Å². The van der Waals surface area contributed by atoms with Crippen LogP contribution in [-0.4, -0.2) is 5.71 Å². The summed E-state index contributed by atoms with van der Waals surface area (Å²) in [6, 6.07) is 0. The second kappa shape index (κ2) is 4.61. The monoisotopic (exact) mass is 173 g/mol. The fourth-order valence-electron chi connectivity index (χ4n) is 1.20. The molecule has 0 N–H and O–H groups in total. The zero-order valence-corrected chi connectivity index (χ0v) is 8.20. The predicted octanol–water partition coefficient (Wildman–Crippen LogP) is 3.28. The lowest BCUT2D eigenvalue weighted by Gasteiger charge is -2.06. The van der Waals surface area contributed by atoms with Crippen LogP contribution in [0.2, 0.25) is 0 Å². The van der Waals surface area contributed by atoms with Gasteiger partial charge in [0.1, 0.15) is 0 Å². The van der Waals surface area contributed by atoms with E-state index in [1.54, 1.807) is 6.20 Å². The van der Waals surface area contributed by atoms with E-state index in [4.69, 9.17) is 0 Å². The summed E-state index contributed by atoms with van der Waals surface area (Å²) in [7, 11) is 0. The lowest BCUT2D eigenvalue weighted by Crippen LogP contribution is -2.00. The molecule has 0 atom stereocenters. The zero-order valence-electron chi connectivity index (χ0n) is 8.20. The van der Waals surface area contributed by atoms with Gasteiger partial charge in [0.15, 0.2) is 0 Å². The van der Waals surface area contributed by atoms with Gasteiger partial charge >= 0.3 is 0 Å². The average molecular weight is 173 g/mol. The molecule has 1 heteroatoms. The van der Waals surface area contributed by atoms with Gasteiger partial charge < -0.3 is 0 Å². The molecule has 0 aromatic heterocycles. The first-order valence-electron chi connectivity index (χ1n) is 4.49. The summed E-state index contributed by atoms with van der Waals surface area (Å²) < 4.78 is 0. The van der Waals surface area contributed by atoms with Crippen molar-refractivity contribution in [1.82, 2.24) is 0 Å². The van der Waals surface area contributed by atoms with Gasteiger partial charge in [0.05, 0.1) is 5.71 Å². The molecule has 13 heavy (non-hydrogen) atoms. The van der Waals surface area contributed by atoms with E-state index in [1.165, 1.54) is 5.57 Å². The minimum atomic E-state index is 0.543. The molecule has 0 saturated carbocycles. The van der Waals surface area contributed by atoms with Crippen LogP contribution in [0, 0.1) is 5.92 Å². The van der Waals surface area contributed by atoms with Crippen LogP contribution in [-0.2, 0) is 0 Å². The van der Waals surface area contributed by atoms with E-state index in [9.17, 15) is 0 Å². The van der Waals surface area contributed by atoms with E-state index < -0.39 is 0 Å². The summed E-state index contributed by atoms with van der Waals surface area (Å²) in [4.78, 5) is 4.19. The highest BCUT2D eigenvalue weighted by Gasteiger charge is 2.03. The maximum atomic E-state index is 4.19. The third-order valence-electron chi connectivity index (χ3n) is 1.68. The molecule has 1 aliphatic rings. The second-order valence-electron chi connectivity index (χ2n) is 3.28. The van der Waals surface area contributed by atoms with Gasteiger partial charge in [-0.05, 0) is 17.6 Å². The highest BCUT2D eigenvalue weighted by Crippen LogP contribution is 2.11. The smallest absolute Gasteiger partial charge is 0.0698 e. The van der Waals surface area contributed by atoms with Gasteiger partial charge in [0.25, 0.3) is 0 Å². The Balaban J connectivity index is 2.95. The quantitative estimate of drug-likeness (QED) is 0.607. The Kier molecular flexibility index (Phi) is 3.44. The van der Waals surface area contributed by atoms with E-state index >= 15 is 0 Å². The number of nitrogens with zero attached hydrogens (tertiary/aromatic N) is 1. The van der Waals surface area contributed by atoms with Gasteiger partial charge in [0.2, 0.25) is 0 Å². The molecule has 1 aliphatic carbocycles. The van der Waals surface area contributed by atoms with E-state index in [-0.39, 0.29) is 0 Å². The van der Waals surface area contributed by atoms with Gasteiger partial charge in [0, 0.05) is 6.20 Å². The number of aliphatic imine (C=N–C) groups is 1. The van der Waals surface area contributed by atoms with Crippen molar-refractivity contribution in [3.8, 4) is 0 Å². The van der Waals surface area contributed by atoms with Crippen molar-refractivity contribution < 1.29 is 0 Å². The lowest BCUT2D eigenvalue weighted by molar-refractivity contribution is 0.829. The Hall–Kier alpha value is -1.37. The molecule has 0 fully saturated rings. The van der Waals surface area contributed by atoms with Crippen molar-refractivity contribution in [2.24, 2.45) is 10.9 Å². The van der Waals surface area contributed by atoms with Crippen LogP contribution in [0.4, 0.5) is 0 Å². The second-order valence-corrected chi connectivity index (χ2v) is 3.28. The standard InChI is InChI=1S/C12H15N/c1-4-13-12-8-6-5-7-11(12)9-10(2)3/h4-10H,1H2,2-3H3/b11-9-,13-12-. The van der Waals surface area contributed by atoms with Crippen LogP contribution in [0.3, 0.4) is 0 Å². The Labute approximate surface area is 79.9 Å². The topological polar surface area (TPSA) is 12.4 Å². The summed E-state index contributed by atoms with van der Waals surface area (Å²) >= 11 is 0. The summed E-state index contributed by atoms with van der Waals surface area (Å²) in [5.41, 5.74) is 2.17. The third-order valence-corrected chi connectivity index (χ3v) is 1.68. The van der Waals surface area contributed by atoms with E-state index in [0.717, 1.165) is 5.71 Å². The molecular formula is C12H15N. The molecule has 0 aromatic carbocycles. The molecular weight excluding hydrogens is 158 g/mol. The van der Waals surface area contributed by atoms with Gasteiger partial charge in [-0.15, -0.1) is 0 Å². The van der Waals surface area contributed by atoms with Crippen LogP contribution in [0.1, 0.15) is 13.8 Å². The van der Waals surface area contributed by atoms with Crippen LogP contribution < -0.4 is 0 Å². The van der Waals surface area contributed by atoms with Gasteiger partial charge in [-0.25, -0.2) is 0 Å². The van der Waals surface area contributed by atoms with Crippen molar-refractivity contribution in [3.63, 3.8) is 0 Å². The molecule has 0 saturated heterocycles. The third kappa shape index (κ3) is 2.86. The Bertz CT molecular complexity index is 301. The van der Waals surface area contributed by atoms with Crippen LogP contribution in [0.25, 0.3) is 0 Å². The molecule has 0 aliphatic heterocycles. The van der Waals surface area contributed by atoms with Crippen molar-refractivity contribution in [1.29, 1.82) is 0 Å². The molecule has 68 valence electrons. The number of allylic oxidation sites excluding steroid dienone is 6. The van der Waals surface area contributed by atoms with Crippen molar-refractivity contribution >= 4 is 5.71 Å². The Morgan fingerprint density at radius 1 is 1.31 bits per heavy atom. The fraction of sp³-hybridized carbons (Fsp3) is 0.250. The van der Waals surface area contributed by atoms with Crippen molar-refractivity contribution in [2.45, 2.75) is 13.8 Å². The summed E-state index contributed by atoms with van der Waals surface area (Å²) in [6.45, 7) is 7.91. The number of hydrogen-bond donors (Lipinski definition) is 0. The molecule has 0 amide bonds. The highest BCUT2D eigenvalue weighted by molar-refractivity contribution is 6.11. The Morgan fingerprint density at radius 3 is 2.62 bits per heavy atom. The molecule has 0 heterocycles. The summed E-state index contributed by atoms with van der Waals surface area (Å²) in [5, 5.41) is 0. The van der Waals surface area contributed by atoms with Crippen LogP contribution >= 0.6 is 0 Å². The minimum Gasteiger partial charge on any atom is -0.257 e. The first-order chi connectivity index (χ1) is 6.24. The van der Waals surface area contributed by atoms with Crippen molar-refractivity contribution in [2.75, 3.05) is 0 Å². The number of rotatable bonds is 2. The molecule has 0 radical (unpaired) electrons. The van der Waals surface area contributed by atoms with Gasteiger partial charge in [-0.3, -0.25) is 4.99 Å². The summed E-state index contributed by atoms with van der Waals surface area (Å²) in [5.74, 6) is 0.543. The fourth-order valence-corrected chi connectivity index (χ4v) is 1.20. The normalized spacial score (nSPS) is 21.8. The Morgan fingerprint density at radius 2 is 2.00 bits per heavy atom. The van der Waals surface area contributed by atoms with E-state index in [1.807, 2.05) is 18.2 Å². The molecule has 1 nitrogen and oxygen atoms in total. The number of hydrogen-bond acceptors (Lipinski definition) is 1. The lowest BCUT2D eigenvalue weighted by atomic mass is 10.0. The van der Waals surface area contributed by atoms with Crippen molar-refractivity contribution in [3.05, 3.63) is 48.7 Å².